The number of nitrogens with zero attached hydrogens (tertiary/aromatic N) is 1. The number of carbonyl (C=O) groups excluding carboxylic acids is 4. The maximum atomic E-state index is 13.9. The first-order valence-corrected chi connectivity index (χ1v) is 17.1. The van der Waals surface area contributed by atoms with Crippen LogP contribution in [0.5, 0.6) is 0 Å². The first kappa shape index (κ1) is 34.2. The van der Waals surface area contributed by atoms with Gasteiger partial charge in [0.25, 0.3) is 0 Å². The summed E-state index contributed by atoms with van der Waals surface area (Å²) in [5, 5.41) is 5.92. The Kier molecular flexibility index (Phi) is 10.7. The summed E-state index contributed by atoms with van der Waals surface area (Å²) in [6.07, 6.45) is 6.55. The van der Waals surface area contributed by atoms with Gasteiger partial charge in [0.2, 0.25) is 17.7 Å². The second-order valence-corrected chi connectivity index (χ2v) is 12.9. The van der Waals surface area contributed by atoms with Gasteiger partial charge in [0.05, 0.1) is 12.5 Å². The fourth-order valence-electron chi connectivity index (χ4n) is 7.04. The van der Waals surface area contributed by atoms with Gasteiger partial charge in [0.15, 0.2) is 0 Å². The van der Waals surface area contributed by atoms with Crippen LogP contribution in [0.4, 0.5) is 0 Å². The zero-order valence-electron chi connectivity index (χ0n) is 28.1. The number of amides is 3. The zero-order chi connectivity index (χ0) is 35.0. The predicted octanol–water partition coefficient (Wildman–Crippen LogP) is 5.77. The lowest BCUT2D eigenvalue weighted by Gasteiger charge is -2.30. The standard InChI is InChI=1S/C42H41N3O5/c1-3-15-36(42(49)45-25-14-24-37(45)41(48)44-39(29-16-6-4-7-17-29)30-18-8-5-9-19-30)43-40(47)28(2)26-38(46)50-27-35-33-22-12-10-20-31(33)32-21-11-13-23-34(32)35/h1,4-13,16-23,28,35-37,39H,14-15,24-27H2,2H3,(H,43,47)(H,44,48)/t28-,36+,37+/m1/s1. The summed E-state index contributed by atoms with van der Waals surface area (Å²) in [7, 11) is 0. The summed E-state index contributed by atoms with van der Waals surface area (Å²) in [6, 6.07) is 33.4. The largest absolute Gasteiger partial charge is 0.465 e. The van der Waals surface area contributed by atoms with Crippen LogP contribution in [0.25, 0.3) is 11.1 Å². The number of rotatable bonds is 12. The Labute approximate surface area is 293 Å². The molecule has 1 saturated heterocycles. The summed E-state index contributed by atoms with van der Waals surface area (Å²) in [4.78, 5) is 55.4. The third-order valence-corrected chi connectivity index (χ3v) is 9.62. The maximum Gasteiger partial charge on any atom is 0.306 e. The molecule has 6 rings (SSSR count). The summed E-state index contributed by atoms with van der Waals surface area (Å²) in [6.45, 7) is 2.14. The van der Waals surface area contributed by atoms with E-state index in [0.29, 0.717) is 19.4 Å². The number of esters is 1. The minimum atomic E-state index is -1.04. The van der Waals surface area contributed by atoms with Gasteiger partial charge in [-0.25, -0.2) is 0 Å². The van der Waals surface area contributed by atoms with Gasteiger partial charge in [-0.05, 0) is 46.2 Å². The number of benzene rings is 4. The van der Waals surface area contributed by atoms with Gasteiger partial charge in [-0.2, -0.15) is 0 Å². The Morgan fingerprint density at radius 2 is 1.38 bits per heavy atom. The highest BCUT2D eigenvalue weighted by Crippen LogP contribution is 2.44. The average Bonchev–Trinajstić information content (AvgIpc) is 3.77. The second kappa shape index (κ2) is 15.7. The van der Waals surface area contributed by atoms with Gasteiger partial charge in [-0.1, -0.05) is 116 Å². The molecule has 0 bridgehead atoms. The van der Waals surface area contributed by atoms with Crippen LogP contribution in [-0.2, 0) is 23.9 Å². The Balaban J connectivity index is 1.06. The van der Waals surface area contributed by atoms with Crippen molar-refractivity contribution in [1.82, 2.24) is 15.5 Å². The first-order chi connectivity index (χ1) is 24.4. The highest BCUT2D eigenvalue weighted by atomic mass is 16.5. The number of fused-ring (bicyclic) bond motifs is 3. The van der Waals surface area contributed by atoms with E-state index in [9.17, 15) is 19.2 Å². The first-order valence-electron chi connectivity index (χ1n) is 17.1. The molecule has 0 aromatic heterocycles. The molecular formula is C42H41N3O5. The van der Waals surface area contributed by atoms with Gasteiger partial charge in [0, 0.05) is 24.8 Å². The molecule has 1 aliphatic heterocycles. The molecule has 3 atom stereocenters. The number of hydrogen-bond donors (Lipinski definition) is 2. The van der Waals surface area contributed by atoms with Crippen molar-refractivity contribution in [1.29, 1.82) is 0 Å². The van der Waals surface area contributed by atoms with Crippen molar-refractivity contribution in [2.45, 2.75) is 56.7 Å². The third kappa shape index (κ3) is 7.47. The molecule has 1 heterocycles. The normalized spacial score (nSPS) is 16.1. The van der Waals surface area contributed by atoms with Gasteiger partial charge in [0.1, 0.15) is 18.7 Å². The Morgan fingerprint density at radius 1 is 0.820 bits per heavy atom. The summed E-state index contributed by atoms with van der Waals surface area (Å²) in [5.41, 5.74) is 6.31. The van der Waals surface area contributed by atoms with E-state index >= 15 is 0 Å². The van der Waals surface area contributed by atoms with Crippen molar-refractivity contribution in [2.75, 3.05) is 13.2 Å². The molecule has 4 aromatic rings. The van der Waals surface area contributed by atoms with E-state index in [1.165, 1.54) is 4.90 Å². The molecule has 0 radical (unpaired) electrons. The Hall–Kier alpha value is -5.68. The molecule has 254 valence electrons. The van der Waals surface area contributed by atoms with Gasteiger partial charge in [-0.15, -0.1) is 12.3 Å². The quantitative estimate of drug-likeness (QED) is 0.147. The molecule has 1 fully saturated rings. The van der Waals surface area contributed by atoms with Crippen LogP contribution < -0.4 is 10.6 Å². The third-order valence-electron chi connectivity index (χ3n) is 9.62. The molecule has 2 aliphatic rings. The molecule has 4 aromatic carbocycles. The van der Waals surface area contributed by atoms with Crippen molar-refractivity contribution in [3.05, 3.63) is 131 Å². The van der Waals surface area contributed by atoms with E-state index in [0.717, 1.165) is 33.4 Å². The molecule has 1 aliphatic carbocycles. The van der Waals surface area contributed by atoms with Crippen LogP contribution in [0, 0.1) is 18.3 Å². The highest BCUT2D eigenvalue weighted by molar-refractivity contribution is 5.94. The number of nitrogens with one attached hydrogen (secondary N) is 2. The fraction of sp³-hybridized carbons (Fsp3) is 0.286. The van der Waals surface area contributed by atoms with Crippen LogP contribution in [0.3, 0.4) is 0 Å². The van der Waals surface area contributed by atoms with Crippen molar-refractivity contribution in [3.63, 3.8) is 0 Å². The lowest BCUT2D eigenvalue weighted by atomic mass is 9.98. The minimum absolute atomic E-state index is 0.0519. The van der Waals surface area contributed by atoms with Crippen LogP contribution >= 0.6 is 0 Å². The number of carbonyl (C=O) groups is 4. The Bertz CT molecular complexity index is 1800. The van der Waals surface area contributed by atoms with Crippen molar-refractivity contribution in [3.8, 4) is 23.5 Å². The Morgan fingerprint density at radius 3 is 1.96 bits per heavy atom. The molecule has 0 unspecified atom stereocenters. The summed E-state index contributed by atoms with van der Waals surface area (Å²) < 4.78 is 5.71. The van der Waals surface area contributed by atoms with Gasteiger partial charge < -0.3 is 20.3 Å². The number of likely N-dealkylation sites (tertiary alicyclic amines) is 1. The van der Waals surface area contributed by atoms with Gasteiger partial charge in [-0.3, -0.25) is 19.2 Å². The van der Waals surface area contributed by atoms with E-state index < -0.39 is 41.8 Å². The fourth-order valence-corrected chi connectivity index (χ4v) is 7.04. The van der Waals surface area contributed by atoms with Crippen molar-refractivity contribution >= 4 is 23.7 Å². The second-order valence-electron chi connectivity index (χ2n) is 12.9. The van der Waals surface area contributed by atoms with E-state index in [2.05, 4.69) is 28.7 Å². The minimum Gasteiger partial charge on any atom is -0.465 e. The van der Waals surface area contributed by atoms with E-state index in [-0.39, 0.29) is 31.3 Å². The van der Waals surface area contributed by atoms with Crippen LogP contribution in [0.2, 0.25) is 0 Å². The summed E-state index contributed by atoms with van der Waals surface area (Å²) in [5.74, 6) is -0.0498. The molecule has 8 heteroatoms. The molecular weight excluding hydrogens is 626 g/mol. The molecule has 2 N–H and O–H groups in total. The molecule has 8 nitrogen and oxygen atoms in total. The summed E-state index contributed by atoms with van der Waals surface area (Å²) >= 11 is 0. The van der Waals surface area contributed by atoms with E-state index in [1.54, 1.807) is 6.92 Å². The van der Waals surface area contributed by atoms with Crippen molar-refractivity contribution < 1.29 is 23.9 Å². The zero-order valence-corrected chi connectivity index (χ0v) is 28.1. The van der Waals surface area contributed by atoms with E-state index in [1.807, 2.05) is 97.1 Å². The smallest absolute Gasteiger partial charge is 0.306 e. The number of hydrogen-bond acceptors (Lipinski definition) is 5. The number of terminal acetylenes is 1. The lowest BCUT2D eigenvalue weighted by Crippen LogP contribution is -2.54. The predicted molar refractivity (Wildman–Crippen MR) is 191 cm³/mol. The van der Waals surface area contributed by atoms with Crippen LogP contribution in [-0.4, -0.2) is 53.8 Å². The SMILES string of the molecule is C#CC[C@H](NC(=O)[C@H](C)CC(=O)OCC1c2ccccc2-c2ccccc21)C(=O)N1CCC[C@H]1C(=O)NC(c1ccccc1)c1ccccc1. The topological polar surface area (TPSA) is 105 Å². The monoisotopic (exact) mass is 667 g/mol. The lowest BCUT2D eigenvalue weighted by molar-refractivity contribution is -0.147. The van der Waals surface area contributed by atoms with Gasteiger partial charge >= 0.3 is 5.97 Å². The van der Waals surface area contributed by atoms with E-state index in [4.69, 9.17) is 11.2 Å². The van der Waals surface area contributed by atoms with Crippen molar-refractivity contribution in [2.24, 2.45) is 5.92 Å². The maximum absolute atomic E-state index is 13.9. The van der Waals surface area contributed by atoms with Crippen LogP contribution in [0.15, 0.2) is 109 Å². The molecule has 0 saturated carbocycles. The molecule has 50 heavy (non-hydrogen) atoms. The number of ether oxygens (including phenoxy) is 1. The molecule has 0 spiro atoms. The molecule has 3 amide bonds. The average molecular weight is 668 g/mol. The highest BCUT2D eigenvalue weighted by Gasteiger charge is 2.39. The van der Waals surface area contributed by atoms with Crippen LogP contribution in [0.1, 0.15) is 66.8 Å².